The van der Waals surface area contributed by atoms with Crippen LogP contribution in [0.2, 0.25) is 0 Å². The smallest absolute Gasteiger partial charge is 0.145 e. The maximum absolute atomic E-state index is 5.15. The highest BCUT2D eigenvalue weighted by Crippen LogP contribution is 2.50. The van der Waals surface area contributed by atoms with E-state index < -0.39 is 0 Å². The Morgan fingerprint density at radius 3 is 2.50 bits per heavy atom. The molecule has 1 aromatic heterocycles. The van der Waals surface area contributed by atoms with Crippen molar-refractivity contribution in [2.24, 2.45) is 10.9 Å². The maximum atomic E-state index is 5.15. The molecule has 240 valence electrons. The number of aliphatic imine (C=N–C) groups is 1. The van der Waals surface area contributed by atoms with Gasteiger partial charge in [-0.3, -0.25) is 4.99 Å². The van der Waals surface area contributed by atoms with Crippen LogP contribution in [0.4, 0.5) is 11.4 Å². The van der Waals surface area contributed by atoms with Gasteiger partial charge in [0.15, 0.2) is 0 Å². The SMILES string of the molecule is C1=Cc2sc3c(c2C=1)CCC(C1=CC2c4ccccc4N(c4cccc(C5=CC(c6ccccc6)=NC(c6ccccc6)N5)c4)C2C=C1)C=C3. The number of nitrogens with zero attached hydrogens (tertiary/aromatic N) is 2. The highest BCUT2D eigenvalue weighted by molar-refractivity contribution is 7.14. The molecule has 0 saturated heterocycles. The summed E-state index contributed by atoms with van der Waals surface area (Å²) >= 11 is 1.90. The number of hydrogen-bond donors (Lipinski definition) is 1. The lowest BCUT2D eigenvalue weighted by molar-refractivity contribution is 0.662. The van der Waals surface area contributed by atoms with Gasteiger partial charge < -0.3 is 10.2 Å². The molecule has 50 heavy (non-hydrogen) atoms. The number of benzene rings is 4. The molecule has 2 aliphatic heterocycles. The van der Waals surface area contributed by atoms with Crippen molar-refractivity contribution in [1.82, 2.24) is 5.32 Å². The lowest BCUT2D eigenvalue weighted by Crippen LogP contribution is -2.30. The molecule has 0 amide bonds. The number of anilines is 2. The van der Waals surface area contributed by atoms with Crippen molar-refractivity contribution in [3.63, 3.8) is 0 Å². The van der Waals surface area contributed by atoms with Crippen LogP contribution in [-0.4, -0.2) is 11.8 Å². The zero-order valence-corrected chi connectivity index (χ0v) is 28.4. The monoisotopic (exact) mass is 661 g/mol. The minimum Gasteiger partial charge on any atom is -0.360 e. The third kappa shape index (κ3) is 4.99. The van der Waals surface area contributed by atoms with Crippen LogP contribution in [0.25, 0.3) is 23.9 Å². The first-order chi connectivity index (χ1) is 24.8. The van der Waals surface area contributed by atoms with Crippen LogP contribution in [0.15, 0.2) is 156 Å². The largest absolute Gasteiger partial charge is 0.360 e. The Labute approximate surface area is 297 Å². The molecule has 4 aromatic carbocycles. The van der Waals surface area contributed by atoms with Crippen molar-refractivity contribution < 1.29 is 0 Å². The first-order valence-corrected chi connectivity index (χ1v) is 18.4. The Kier molecular flexibility index (Phi) is 7.04. The molecular weight excluding hydrogens is 627 g/mol. The predicted molar refractivity (Wildman–Crippen MR) is 210 cm³/mol. The lowest BCUT2D eigenvalue weighted by Gasteiger charge is -2.31. The lowest BCUT2D eigenvalue weighted by atomic mass is 9.82. The van der Waals surface area contributed by atoms with Crippen molar-refractivity contribution in [2.75, 3.05) is 4.90 Å². The zero-order chi connectivity index (χ0) is 33.0. The Balaban J connectivity index is 0.973. The van der Waals surface area contributed by atoms with Gasteiger partial charge in [0.2, 0.25) is 0 Å². The standard InChI is InChI=1S/C46H35N3S/c1-3-11-31(12-4-1)40-29-41(48-46(47-40)32-13-5-2-6-14-32)34-15-9-16-35(27-34)49-42-19-8-7-17-36(42)39-28-33(22-25-43(39)49)30-21-24-38-37-18-10-20-44(37)50-45(38)26-23-30/h1-9,11-20,22-23,25-30,39,43,46,48H,21,24H2. The van der Waals surface area contributed by atoms with Gasteiger partial charge in [-0.25, -0.2) is 0 Å². The van der Waals surface area contributed by atoms with E-state index in [0.29, 0.717) is 11.8 Å². The Morgan fingerprint density at radius 1 is 0.780 bits per heavy atom. The third-order valence-corrected chi connectivity index (χ3v) is 11.9. The molecule has 0 radical (unpaired) electrons. The van der Waals surface area contributed by atoms with Gasteiger partial charge in [0.25, 0.3) is 0 Å². The highest BCUT2D eigenvalue weighted by Gasteiger charge is 2.39. The average Bonchev–Trinajstić information content (AvgIpc) is 3.83. The number of para-hydroxylation sites is 1. The fourth-order valence-corrected chi connectivity index (χ4v) is 9.39. The van der Waals surface area contributed by atoms with Crippen LogP contribution >= 0.6 is 11.3 Å². The van der Waals surface area contributed by atoms with Gasteiger partial charge in [0.1, 0.15) is 6.17 Å². The molecule has 0 spiro atoms. The fraction of sp³-hybridized carbons (Fsp3) is 0.130. The van der Waals surface area contributed by atoms with Crippen LogP contribution in [0.1, 0.15) is 61.6 Å². The summed E-state index contributed by atoms with van der Waals surface area (Å²) < 4.78 is 0. The molecule has 10 rings (SSSR count). The van der Waals surface area contributed by atoms with Gasteiger partial charge >= 0.3 is 0 Å². The van der Waals surface area contributed by atoms with E-state index in [2.05, 4.69) is 174 Å². The van der Waals surface area contributed by atoms with Gasteiger partial charge in [-0.15, -0.1) is 17.1 Å². The van der Waals surface area contributed by atoms with Gasteiger partial charge in [0, 0.05) is 44.2 Å². The average molecular weight is 662 g/mol. The summed E-state index contributed by atoms with van der Waals surface area (Å²) in [7, 11) is 0. The van der Waals surface area contributed by atoms with Gasteiger partial charge in [0.05, 0.1) is 11.8 Å². The summed E-state index contributed by atoms with van der Waals surface area (Å²) in [6.45, 7) is 0. The first-order valence-electron chi connectivity index (χ1n) is 17.6. The van der Waals surface area contributed by atoms with E-state index >= 15 is 0 Å². The summed E-state index contributed by atoms with van der Waals surface area (Å²) in [6.07, 6.45) is 20.8. The Morgan fingerprint density at radius 2 is 1.60 bits per heavy atom. The second kappa shape index (κ2) is 12.0. The normalized spacial score (nSPS) is 22.5. The van der Waals surface area contributed by atoms with E-state index in [0.717, 1.165) is 40.9 Å². The molecule has 4 heteroatoms. The fourth-order valence-electron chi connectivity index (χ4n) is 8.26. The number of fused-ring (bicyclic) bond motifs is 6. The molecule has 5 aromatic rings. The third-order valence-electron chi connectivity index (χ3n) is 10.7. The molecule has 5 aliphatic rings. The van der Waals surface area contributed by atoms with Gasteiger partial charge in [-0.2, -0.15) is 0 Å². The molecule has 3 nitrogen and oxygen atoms in total. The molecule has 3 aliphatic carbocycles. The van der Waals surface area contributed by atoms with Crippen LogP contribution in [-0.2, 0) is 6.42 Å². The van der Waals surface area contributed by atoms with E-state index in [4.69, 9.17) is 4.99 Å². The highest BCUT2D eigenvalue weighted by atomic mass is 32.1. The molecule has 4 unspecified atom stereocenters. The Bertz CT molecular complexity index is 2360. The topological polar surface area (TPSA) is 27.6 Å². The minimum absolute atomic E-state index is 0.171. The van der Waals surface area contributed by atoms with Crippen LogP contribution < -0.4 is 10.2 Å². The van der Waals surface area contributed by atoms with E-state index in [1.165, 1.54) is 43.4 Å². The van der Waals surface area contributed by atoms with E-state index in [9.17, 15) is 0 Å². The van der Waals surface area contributed by atoms with E-state index in [-0.39, 0.29) is 12.2 Å². The van der Waals surface area contributed by atoms with Crippen LogP contribution in [0.5, 0.6) is 0 Å². The van der Waals surface area contributed by atoms with Crippen LogP contribution in [0.3, 0.4) is 0 Å². The second-order valence-corrected chi connectivity index (χ2v) is 14.7. The van der Waals surface area contributed by atoms with Crippen molar-refractivity contribution in [3.8, 4) is 0 Å². The van der Waals surface area contributed by atoms with Crippen molar-refractivity contribution in [2.45, 2.75) is 31.0 Å². The quantitative estimate of drug-likeness (QED) is 0.186. The molecule has 3 heterocycles. The van der Waals surface area contributed by atoms with Gasteiger partial charge in [-0.05, 0) is 88.7 Å². The maximum Gasteiger partial charge on any atom is 0.145 e. The van der Waals surface area contributed by atoms with E-state index in [1.807, 2.05) is 11.3 Å². The molecule has 0 fully saturated rings. The molecule has 0 bridgehead atoms. The van der Waals surface area contributed by atoms with E-state index in [1.54, 1.807) is 0 Å². The minimum atomic E-state index is -0.171. The van der Waals surface area contributed by atoms with Gasteiger partial charge in [-0.1, -0.05) is 115 Å². The summed E-state index contributed by atoms with van der Waals surface area (Å²) in [5.74, 6) is 0.705. The summed E-state index contributed by atoms with van der Waals surface area (Å²) in [5, 5.41) is 3.76. The first kappa shape index (κ1) is 29.3. The number of nitrogens with one attached hydrogen (secondary N) is 1. The van der Waals surface area contributed by atoms with Crippen LogP contribution in [0, 0.1) is 5.92 Å². The number of thiophene rings is 1. The summed E-state index contributed by atoms with van der Waals surface area (Å²) in [5.41, 5.74) is 17.0. The molecule has 4 atom stereocenters. The Hall–Kier alpha value is -5.67. The summed E-state index contributed by atoms with van der Waals surface area (Å²) in [4.78, 5) is 10.5. The molecule has 0 saturated carbocycles. The zero-order valence-electron chi connectivity index (χ0n) is 27.5. The van der Waals surface area contributed by atoms with Crippen molar-refractivity contribution >= 4 is 52.3 Å². The van der Waals surface area contributed by atoms with Crippen molar-refractivity contribution in [3.05, 3.63) is 194 Å². The predicted octanol–water partition coefficient (Wildman–Crippen LogP) is 10.9. The number of hydrogen-bond acceptors (Lipinski definition) is 4. The van der Waals surface area contributed by atoms with Crippen molar-refractivity contribution in [1.29, 1.82) is 0 Å². The number of rotatable bonds is 5. The second-order valence-electron chi connectivity index (χ2n) is 13.6. The summed E-state index contributed by atoms with van der Waals surface area (Å²) in [6, 6.07) is 39.2. The molecular formula is C46H35N3S. The molecule has 1 N–H and O–H groups in total. The number of allylic oxidation sites excluding steroid dienone is 4.